The maximum absolute atomic E-state index is 14.5. The zero-order chi connectivity index (χ0) is 31.4. The number of pyridine rings is 1. The van der Waals surface area contributed by atoms with Crippen LogP contribution >= 0.6 is 0 Å². The molecule has 8 heteroatoms. The van der Waals surface area contributed by atoms with Gasteiger partial charge in [0.15, 0.2) is 5.78 Å². The average Bonchev–Trinajstić information content (AvgIpc) is 3.30. The maximum atomic E-state index is 14.5. The number of ketones is 1. The summed E-state index contributed by atoms with van der Waals surface area (Å²) >= 11 is 0. The van der Waals surface area contributed by atoms with Gasteiger partial charge in [-0.05, 0) is 66.5 Å². The first-order valence-electron chi connectivity index (χ1n) is 15.3. The highest BCUT2D eigenvalue weighted by Crippen LogP contribution is 2.53. The molecule has 1 unspecified atom stereocenters. The SMILES string of the molecule is CC(C)(C)OC(=O)C1=C(C(=O)OC(C)(C)C)C2(OC1=NC1CCCCC1)c1ccccc1C(=O)c1cc3ccccc3nc12. The van der Waals surface area contributed by atoms with Gasteiger partial charge in [-0.2, -0.15) is 0 Å². The molecule has 1 saturated carbocycles. The molecule has 0 radical (unpaired) electrons. The second kappa shape index (κ2) is 10.7. The summed E-state index contributed by atoms with van der Waals surface area (Å²) in [4.78, 5) is 52.7. The molecule has 3 aromatic rings. The van der Waals surface area contributed by atoms with Crippen LogP contribution in [0.2, 0.25) is 0 Å². The second-order valence-electron chi connectivity index (χ2n) is 13.7. The lowest BCUT2D eigenvalue weighted by Gasteiger charge is -2.37. The smallest absolute Gasteiger partial charge is 0.344 e. The monoisotopic (exact) mass is 594 g/mol. The molecule has 2 heterocycles. The van der Waals surface area contributed by atoms with Gasteiger partial charge in [0.2, 0.25) is 11.5 Å². The molecule has 1 aromatic heterocycles. The molecule has 1 fully saturated rings. The summed E-state index contributed by atoms with van der Waals surface area (Å²) in [6.45, 7) is 10.6. The highest BCUT2D eigenvalue weighted by Gasteiger charge is 2.61. The van der Waals surface area contributed by atoms with E-state index in [1.165, 1.54) is 0 Å². The molecule has 2 aliphatic carbocycles. The third kappa shape index (κ3) is 5.20. The zero-order valence-corrected chi connectivity index (χ0v) is 26.2. The van der Waals surface area contributed by atoms with E-state index in [1.54, 1.807) is 71.9 Å². The predicted octanol–water partition coefficient (Wildman–Crippen LogP) is 6.76. The van der Waals surface area contributed by atoms with E-state index >= 15 is 0 Å². The molecule has 0 bridgehead atoms. The Bertz CT molecular complexity index is 1750. The van der Waals surface area contributed by atoms with Crippen molar-refractivity contribution in [3.05, 3.63) is 88.1 Å². The standard InChI is InChI=1S/C36H38N2O6/c1-34(2,3)43-32(40)27-28(33(41)44-35(4,5)6)36(42-31(27)37-22-15-8-7-9-16-22)25-18-12-11-17-23(25)29(39)24-20-21-14-10-13-19-26(21)38-30(24)36/h10-14,17-20,22H,7-9,15-16H2,1-6H3. The van der Waals surface area contributed by atoms with Gasteiger partial charge in [0.05, 0.1) is 11.6 Å². The van der Waals surface area contributed by atoms with Crippen molar-refractivity contribution in [1.82, 2.24) is 4.98 Å². The van der Waals surface area contributed by atoms with Crippen LogP contribution in [0.15, 0.2) is 70.7 Å². The molecule has 1 atom stereocenters. The Morgan fingerprint density at radius 2 is 1.50 bits per heavy atom. The van der Waals surface area contributed by atoms with Gasteiger partial charge in [0.25, 0.3) is 0 Å². The molecule has 0 amide bonds. The van der Waals surface area contributed by atoms with Gasteiger partial charge in [-0.1, -0.05) is 61.7 Å². The Balaban J connectivity index is 1.73. The first-order valence-corrected chi connectivity index (χ1v) is 15.3. The highest BCUT2D eigenvalue weighted by molar-refractivity contribution is 6.25. The summed E-state index contributed by atoms with van der Waals surface area (Å²) < 4.78 is 18.8. The van der Waals surface area contributed by atoms with Gasteiger partial charge in [0, 0.05) is 22.1 Å². The van der Waals surface area contributed by atoms with Crippen LogP contribution < -0.4 is 0 Å². The van der Waals surface area contributed by atoms with E-state index in [9.17, 15) is 14.4 Å². The summed E-state index contributed by atoms with van der Waals surface area (Å²) in [7, 11) is 0. The Kier molecular flexibility index (Phi) is 7.22. The molecule has 1 spiro atoms. The van der Waals surface area contributed by atoms with Crippen molar-refractivity contribution in [3.63, 3.8) is 0 Å². The number of hydrogen-bond donors (Lipinski definition) is 0. The average molecular weight is 595 g/mol. The first-order chi connectivity index (χ1) is 20.8. The maximum Gasteiger partial charge on any atom is 0.344 e. The molecule has 228 valence electrons. The highest BCUT2D eigenvalue weighted by atomic mass is 16.6. The topological polar surface area (TPSA) is 104 Å². The quantitative estimate of drug-likeness (QED) is 0.309. The molecule has 2 aromatic carbocycles. The molecule has 1 aliphatic heterocycles. The van der Waals surface area contributed by atoms with Crippen molar-refractivity contribution in [1.29, 1.82) is 0 Å². The molecular weight excluding hydrogens is 556 g/mol. The Labute approximate surface area is 257 Å². The largest absolute Gasteiger partial charge is 0.456 e. The van der Waals surface area contributed by atoms with Gasteiger partial charge in [0.1, 0.15) is 28.0 Å². The third-order valence-electron chi connectivity index (χ3n) is 8.00. The van der Waals surface area contributed by atoms with Crippen LogP contribution in [0.25, 0.3) is 10.9 Å². The van der Waals surface area contributed by atoms with Gasteiger partial charge in [-0.25, -0.2) is 19.6 Å². The van der Waals surface area contributed by atoms with E-state index in [-0.39, 0.29) is 40.1 Å². The molecule has 44 heavy (non-hydrogen) atoms. The molecule has 6 rings (SSSR count). The lowest BCUT2D eigenvalue weighted by Crippen LogP contribution is -2.42. The number of hydrogen-bond acceptors (Lipinski definition) is 8. The van der Waals surface area contributed by atoms with Crippen LogP contribution in [-0.4, -0.2) is 45.8 Å². The lowest BCUT2D eigenvalue weighted by molar-refractivity contribution is -0.154. The summed E-state index contributed by atoms with van der Waals surface area (Å²) in [5, 5.41) is 0.762. The summed E-state index contributed by atoms with van der Waals surface area (Å²) in [6.07, 6.45) is 4.79. The molecule has 8 nitrogen and oxygen atoms in total. The number of fused-ring (bicyclic) bond motifs is 5. The van der Waals surface area contributed by atoms with Gasteiger partial charge in [-0.15, -0.1) is 0 Å². The number of esters is 2. The summed E-state index contributed by atoms with van der Waals surface area (Å²) in [5.41, 5.74) is -1.88. The number of aromatic nitrogens is 1. The van der Waals surface area contributed by atoms with Crippen molar-refractivity contribution >= 4 is 34.5 Å². The normalized spacial score (nSPS) is 21.3. The number of para-hydroxylation sites is 1. The minimum atomic E-state index is -1.79. The minimum Gasteiger partial charge on any atom is -0.456 e. The van der Waals surface area contributed by atoms with Crippen LogP contribution in [0.4, 0.5) is 0 Å². The van der Waals surface area contributed by atoms with E-state index in [4.69, 9.17) is 24.2 Å². The second-order valence-corrected chi connectivity index (χ2v) is 13.7. The van der Waals surface area contributed by atoms with Gasteiger partial charge in [-0.3, -0.25) is 4.79 Å². The molecule has 0 N–H and O–H groups in total. The number of nitrogens with zero attached hydrogens (tertiary/aromatic N) is 2. The van der Waals surface area contributed by atoms with E-state index in [1.807, 2.05) is 24.3 Å². The third-order valence-corrected chi connectivity index (χ3v) is 8.00. The van der Waals surface area contributed by atoms with Crippen LogP contribution in [0.5, 0.6) is 0 Å². The molecular formula is C36H38N2O6. The minimum absolute atomic E-state index is 0.0112. The number of rotatable bonds is 3. The van der Waals surface area contributed by atoms with Gasteiger partial charge < -0.3 is 14.2 Å². The van der Waals surface area contributed by atoms with Crippen LogP contribution in [0.3, 0.4) is 0 Å². The predicted molar refractivity (Wildman–Crippen MR) is 167 cm³/mol. The van der Waals surface area contributed by atoms with Crippen molar-refractivity contribution in [2.45, 2.75) is 96.5 Å². The van der Waals surface area contributed by atoms with Crippen molar-refractivity contribution in [3.8, 4) is 0 Å². The van der Waals surface area contributed by atoms with E-state index in [0.29, 0.717) is 16.6 Å². The zero-order valence-electron chi connectivity index (χ0n) is 26.2. The Morgan fingerprint density at radius 1 is 0.864 bits per heavy atom. The fourth-order valence-electron chi connectivity index (χ4n) is 6.26. The number of ether oxygens (including phenoxy) is 3. The molecule has 3 aliphatic rings. The lowest BCUT2D eigenvalue weighted by atomic mass is 9.72. The fraction of sp³-hybridized carbons (Fsp3) is 0.417. The van der Waals surface area contributed by atoms with Crippen LogP contribution in [0, 0.1) is 0 Å². The van der Waals surface area contributed by atoms with E-state index in [0.717, 1.165) is 37.5 Å². The summed E-state index contributed by atoms with van der Waals surface area (Å²) in [5.74, 6) is -1.75. The number of aliphatic imine (C=N–C) groups is 1. The van der Waals surface area contributed by atoms with Crippen molar-refractivity contribution in [2.24, 2.45) is 4.99 Å². The van der Waals surface area contributed by atoms with Crippen LogP contribution in [0.1, 0.15) is 101 Å². The fourth-order valence-corrected chi connectivity index (χ4v) is 6.26. The van der Waals surface area contributed by atoms with Crippen LogP contribution in [-0.2, 0) is 29.4 Å². The van der Waals surface area contributed by atoms with E-state index in [2.05, 4.69) is 0 Å². The number of carbonyl (C=O) groups excluding carboxylic acids is 3. The summed E-state index contributed by atoms with van der Waals surface area (Å²) in [6, 6.07) is 16.1. The van der Waals surface area contributed by atoms with Crippen molar-refractivity contribution < 1.29 is 28.6 Å². The van der Waals surface area contributed by atoms with E-state index < -0.39 is 28.7 Å². The number of benzene rings is 2. The molecule has 0 saturated heterocycles. The number of carbonyl (C=O) groups is 3. The Hall–Kier alpha value is -4.33. The van der Waals surface area contributed by atoms with Crippen molar-refractivity contribution in [2.75, 3.05) is 0 Å². The first kappa shape index (κ1) is 29.7. The Morgan fingerprint density at radius 3 is 2.20 bits per heavy atom. The van der Waals surface area contributed by atoms with Gasteiger partial charge >= 0.3 is 11.9 Å².